The van der Waals surface area contributed by atoms with E-state index in [4.69, 9.17) is 0 Å². The predicted octanol–water partition coefficient (Wildman–Crippen LogP) is 4.03. The van der Waals surface area contributed by atoms with Crippen molar-refractivity contribution in [2.45, 2.75) is 34.1 Å². The average molecular weight is 234 g/mol. The fourth-order valence-electron chi connectivity index (χ4n) is 1.50. The molecule has 0 aromatic carbocycles. The summed E-state index contributed by atoms with van der Waals surface area (Å²) in [6.07, 6.45) is 13.4. The van der Waals surface area contributed by atoms with Crippen LogP contribution >= 0.6 is 0 Å². The van der Waals surface area contributed by atoms with E-state index in [0.717, 1.165) is 6.42 Å². The van der Waals surface area contributed by atoms with Crippen LogP contribution in [0.2, 0.25) is 0 Å². The molecule has 15 heavy (non-hydrogen) atoms. The third kappa shape index (κ3) is 4.36. The molecule has 0 bridgehead atoms. The van der Waals surface area contributed by atoms with E-state index >= 15 is 0 Å². The molecule has 1 unspecified atom stereocenters. The van der Waals surface area contributed by atoms with Gasteiger partial charge in [-0.1, -0.05) is 26.7 Å². The van der Waals surface area contributed by atoms with Crippen molar-refractivity contribution in [2.75, 3.05) is 0 Å². The summed E-state index contributed by atoms with van der Waals surface area (Å²) in [6.45, 7) is 8.67. The normalized spacial score (nSPS) is 22.1. The second kappa shape index (κ2) is 7.03. The van der Waals surface area contributed by atoms with E-state index in [1.807, 2.05) is 12.2 Å². The van der Waals surface area contributed by atoms with E-state index < -0.39 is 0 Å². The van der Waals surface area contributed by atoms with Crippen LogP contribution < -0.4 is 0 Å². The maximum absolute atomic E-state index is 3.36. The Morgan fingerprint density at radius 1 is 1.27 bits per heavy atom. The van der Waals surface area contributed by atoms with Crippen molar-refractivity contribution in [3.8, 4) is 0 Å². The van der Waals surface area contributed by atoms with Gasteiger partial charge in [0, 0.05) is 0 Å². The van der Waals surface area contributed by atoms with E-state index in [0.29, 0.717) is 5.92 Å². The molecule has 1 atom stereocenters. The van der Waals surface area contributed by atoms with Crippen LogP contribution in [0.5, 0.6) is 0 Å². The van der Waals surface area contributed by atoms with Crippen molar-refractivity contribution in [1.29, 1.82) is 0 Å². The Labute approximate surface area is 109 Å². The van der Waals surface area contributed by atoms with Crippen LogP contribution in [0.3, 0.4) is 0 Å². The van der Waals surface area contributed by atoms with Crippen LogP contribution in [-0.4, -0.2) is 0 Å². The summed E-state index contributed by atoms with van der Waals surface area (Å²) in [5, 5.41) is 0. The van der Waals surface area contributed by atoms with Gasteiger partial charge in [0.15, 0.2) is 0 Å². The van der Waals surface area contributed by atoms with E-state index in [1.54, 1.807) is 0 Å². The first-order valence-electron chi connectivity index (χ1n) is 5.12. The number of hydrogen-bond acceptors (Lipinski definition) is 0. The molecule has 0 fully saturated rings. The molecule has 0 saturated heterocycles. The van der Waals surface area contributed by atoms with E-state index in [9.17, 15) is 0 Å². The van der Waals surface area contributed by atoms with Crippen molar-refractivity contribution >= 4 is 0 Å². The Morgan fingerprint density at radius 2 is 1.93 bits per heavy atom. The molecule has 0 radical (unpaired) electrons. The van der Waals surface area contributed by atoms with Crippen LogP contribution in [-0.2, 0) is 21.7 Å². The van der Waals surface area contributed by atoms with Gasteiger partial charge in [0.1, 0.15) is 0 Å². The Morgan fingerprint density at radius 3 is 2.07 bits per heavy atom. The average Bonchev–Trinajstić information content (AvgIpc) is 2.78. The minimum Gasteiger partial charge on any atom is -0.273 e. The van der Waals surface area contributed by atoms with Gasteiger partial charge in [-0.05, 0) is 0 Å². The summed E-state index contributed by atoms with van der Waals surface area (Å²) in [6, 6.07) is 0. The maximum Gasteiger partial charge on any atom is 2.00 e. The summed E-state index contributed by atoms with van der Waals surface area (Å²) in [5.41, 5.74) is 4.25. The molecule has 0 saturated carbocycles. The van der Waals surface area contributed by atoms with Gasteiger partial charge in [-0.3, -0.25) is 12.2 Å². The Kier molecular flexibility index (Phi) is 6.88. The summed E-state index contributed by atoms with van der Waals surface area (Å²) in [5.74, 6) is 0.560. The van der Waals surface area contributed by atoms with Crippen molar-refractivity contribution in [2.24, 2.45) is 5.92 Å². The smallest absolute Gasteiger partial charge is 0.273 e. The molecule has 0 heterocycles. The van der Waals surface area contributed by atoms with Gasteiger partial charge in [-0.15, -0.1) is 13.3 Å². The molecule has 0 aromatic heterocycles. The van der Waals surface area contributed by atoms with Crippen LogP contribution in [0.4, 0.5) is 0 Å². The molecular weight excluding hydrogens is 216 g/mol. The van der Waals surface area contributed by atoms with Crippen molar-refractivity contribution in [3.05, 3.63) is 47.1 Å². The number of allylic oxidation sites excluding steroid dienone is 8. The van der Waals surface area contributed by atoms with Crippen molar-refractivity contribution in [3.63, 3.8) is 0 Å². The second-order valence-electron chi connectivity index (χ2n) is 3.80. The largest absolute Gasteiger partial charge is 2.00 e. The van der Waals surface area contributed by atoms with Crippen LogP contribution in [0.25, 0.3) is 0 Å². The SMILES string of the molecule is CC1=[C-]C(C)C(C)=C1C.[C-]1=CC=CC1.[Ti+2]. The van der Waals surface area contributed by atoms with Crippen LogP contribution in [0.15, 0.2) is 34.9 Å². The van der Waals surface area contributed by atoms with Gasteiger partial charge in [0.05, 0.1) is 0 Å². The quantitative estimate of drug-likeness (QED) is 0.438. The zero-order valence-electron chi connectivity index (χ0n) is 10.0. The molecule has 2 rings (SSSR count). The molecule has 0 amide bonds. The van der Waals surface area contributed by atoms with Crippen molar-refractivity contribution in [1.82, 2.24) is 0 Å². The minimum atomic E-state index is 0. The summed E-state index contributed by atoms with van der Waals surface area (Å²) >= 11 is 0. The fraction of sp³-hybridized carbons (Fsp3) is 0.429. The third-order valence-corrected chi connectivity index (χ3v) is 2.82. The molecule has 1 heteroatoms. The molecular formula is C14H18Ti. The Balaban J connectivity index is 0.000000280. The third-order valence-electron chi connectivity index (χ3n) is 2.82. The van der Waals surface area contributed by atoms with Gasteiger partial charge in [-0.2, -0.15) is 17.2 Å². The molecule has 2 aliphatic carbocycles. The van der Waals surface area contributed by atoms with Gasteiger partial charge in [0.25, 0.3) is 0 Å². The van der Waals surface area contributed by atoms with E-state index in [-0.39, 0.29) is 21.7 Å². The number of hydrogen-bond donors (Lipinski definition) is 0. The van der Waals surface area contributed by atoms with Crippen LogP contribution in [0, 0.1) is 18.1 Å². The van der Waals surface area contributed by atoms with Gasteiger partial charge in [0.2, 0.25) is 0 Å². The minimum absolute atomic E-state index is 0. The summed E-state index contributed by atoms with van der Waals surface area (Å²) in [7, 11) is 0. The molecule has 2 aliphatic rings. The predicted molar refractivity (Wildman–Crippen MR) is 61.5 cm³/mol. The molecule has 0 aromatic rings. The second-order valence-corrected chi connectivity index (χ2v) is 3.80. The molecule has 0 spiro atoms. The van der Waals surface area contributed by atoms with Gasteiger partial charge in [-0.25, -0.2) is 17.7 Å². The summed E-state index contributed by atoms with van der Waals surface area (Å²) < 4.78 is 0. The Bertz CT molecular complexity index is 306. The van der Waals surface area contributed by atoms with Gasteiger partial charge >= 0.3 is 21.7 Å². The van der Waals surface area contributed by atoms with Gasteiger partial charge < -0.3 is 0 Å². The first-order valence-corrected chi connectivity index (χ1v) is 5.12. The fourth-order valence-corrected chi connectivity index (χ4v) is 1.50. The monoisotopic (exact) mass is 234 g/mol. The molecule has 0 nitrogen and oxygen atoms in total. The maximum atomic E-state index is 3.36. The zero-order chi connectivity index (χ0) is 10.6. The first kappa shape index (κ1) is 14.7. The zero-order valence-corrected chi connectivity index (χ0v) is 11.6. The van der Waals surface area contributed by atoms with E-state index in [1.165, 1.54) is 16.7 Å². The molecule has 0 aliphatic heterocycles. The Hall–Kier alpha value is -0.326. The standard InChI is InChI=1S/C9H13.C5H5.Ti/c1-6-5-7(2)9(4)8(6)3;1-2-4-5-3-1;/h6H,1-4H3;1-3H,4H2;/q2*-1;+2. The van der Waals surface area contributed by atoms with Crippen LogP contribution in [0.1, 0.15) is 34.1 Å². The first-order chi connectivity index (χ1) is 6.63. The molecule has 78 valence electrons. The number of rotatable bonds is 0. The topological polar surface area (TPSA) is 0 Å². The molecule has 0 N–H and O–H groups in total. The van der Waals surface area contributed by atoms with E-state index in [2.05, 4.69) is 45.9 Å². The summed E-state index contributed by atoms with van der Waals surface area (Å²) in [4.78, 5) is 0. The van der Waals surface area contributed by atoms with Crippen molar-refractivity contribution < 1.29 is 21.7 Å².